The number of hydrogen-bond donors (Lipinski definition) is 2. The first-order valence-electron chi connectivity index (χ1n) is 8.92. The third-order valence-corrected chi connectivity index (χ3v) is 4.62. The lowest BCUT2D eigenvalue weighted by Gasteiger charge is -2.34. The molecular weight excluding hydrogens is 334 g/mol. The smallest absolute Gasteiger partial charge is 0.248 e. The lowest BCUT2D eigenvalue weighted by atomic mass is 10.0. The minimum Gasteiger partial charge on any atom is -0.394 e. The molecule has 0 aliphatic carbocycles. The van der Waals surface area contributed by atoms with Crippen molar-refractivity contribution in [2.45, 2.75) is 18.9 Å². The number of benzene rings is 1. The van der Waals surface area contributed by atoms with Crippen molar-refractivity contribution in [1.82, 2.24) is 4.98 Å². The van der Waals surface area contributed by atoms with Gasteiger partial charge in [0.2, 0.25) is 5.91 Å². The first kappa shape index (κ1) is 18.6. The number of primary amides is 1. The summed E-state index contributed by atoms with van der Waals surface area (Å²) in [6.07, 6.45) is 5.70. The fourth-order valence-electron chi connectivity index (χ4n) is 3.26. The predicted molar refractivity (Wildman–Crippen MR) is 99.4 cm³/mol. The number of aromatic nitrogens is 1. The van der Waals surface area contributed by atoms with E-state index in [0.717, 1.165) is 42.4 Å². The van der Waals surface area contributed by atoms with E-state index in [1.54, 1.807) is 12.3 Å². The molecule has 1 fully saturated rings. The summed E-state index contributed by atoms with van der Waals surface area (Å²) in [7, 11) is 0. The Kier molecular flexibility index (Phi) is 6.38. The van der Waals surface area contributed by atoms with Gasteiger partial charge in [0, 0.05) is 35.6 Å². The molecule has 3 N–H and O–H groups in total. The van der Waals surface area contributed by atoms with Gasteiger partial charge in [-0.25, -0.2) is 0 Å². The highest BCUT2D eigenvalue weighted by Crippen LogP contribution is 2.29. The fraction of sp³-hybridized carbons (Fsp3) is 0.474. The first-order valence-corrected chi connectivity index (χ1v) is 8.92. The van der Waals surface area contributed by atoms with Gasteiger partial charge in [0.25, 0.3) is 0 Å². The molecule has 1 aromatic carbocycles. The summed E-state index contributed by atoms with van der Waals surface area (Å²) < 4.78 is 11.1. The molecule has 7 heteroatoms. The third-order valence-electron chi connectivity index (χ3n) is 4.62. The van der Waals surface area contributed by atoms with Crippen molar-refractivity contribution in [2.75, 3.05) is 44.4 Å². The van der Waals surface area contributed by atoms with Crippen LogP contribution in [0.2, 0.25) is 0 Å². The molecule has 2 heterocycles. The van der Waals surface area contributed by atoms with Crippen molar-refractivity contribution < 1.29 is 19.4 Å². The van der Waals surface area contributed by atoms with Gasteiger partial charge in [0.05, 0.1) is 44.4 Å². The SMILES string of the molecule is NC(=O)c1ccc2cncc(N3CCC(OCCOCCO)CC3)c2c1. The first-order chi connectivity index (χ1) is 12.7. The lowest BCUT2D eigenvalue weighted by molar-refractivity contribution is -0.0106. The van der Waals surface area contributed by atoms with E-state index in [1.165, 1.54) is 0 Å². The molecule has 1 aliphatic heterocycles. The summed E-state index contributed by atoms with van der Waals surface area (Å²) in [4.78, 5) is 18.1. The third kappa shape index (κ3) is 4.49. The minimum absolute atomic E-state index is 0.0366. The summed E-state index contributed by atoms with van der Waals surface area (Å²) in [5, 5.41) is 10.7. The summed E-state index contributed by atoms with van der Waals surface area (Å²) in [5.41, 5.74) is 6.95. The second kappa shape index (κ2) is 8.93. The van der Waals surface area contributed by atoms with Gasteiger partial charge in [-0.3, -0.25) is 9.78 Å². The predicted octanol–water partition coefficient (Wildman–Crippen LogP) is 1.33. The summed E-state index contributed by atoms with van der Waals surface area (Å²) in [6, 6.07) is 5.46. The van der Waals surface area contributed by atoms with Crippen LogP contribution in [0.3, 0.4) is 0 Å². The Morgan fingerprint density at radius 2 is 2.04 bits per heavy atom. The number of ether oxygens (including phenoxy) is 2. The Hall–Kier alpha value is -2.22. The summed E-state index contributed by atoms with van der Waals surface area (Å²) in [5.74, 6) is -0.426. The quantitative estimate of drug-likeness (QED) is 0.690. The van der Waals surface area contributed by atoms with Crippen molar-refractivity contribution in [1.29, 1.82) is 0 Å². The van der Waals surface area contributed by atoms with Gasteiger partial charge in [-0.2, -0.15) is 0 Å². The van der Waals surface area contributed by atoms with Crippen LogP contribution in [-0.4, -0.2) is 61.6 Å². The fourth-order valence-corrected chi connectivity index (χ4v) is 3.26. The monoisotopic (exact) mass is 359 g/mol. The van der Waals surface area contributed by atoms with Crippen molar-refractivity contribution in [3.63, 3.8) is 0 Å². The molecular formula is C19H25N3O4. The maximum atomic E-state index is 11.5. The zero-order chi connectivity index (χ0) is 18.4. The second-order valence-electron chi connectivity index (χ2n) is 6.35. The molecule has 7 nitrogen and oxygen atoms in total. The van der Waals surface area contributed by atoms with E-state index in [1.807, 2.05) is 18.3 Å². The molecule has 1 saturated heterocycles. The summed E-state index contributed by atoms with van der Waals surface area (Å²) in [6.45, 7) is 3.16. The number of aliphatic hydroxyl groups excluding tert-OH is 1. The number of hydrogen-bond acceptors (Lipinski definition) is 6. The molecule has 0 bridgehead atoms. The Labute approximate surface area is 152 Å². The number of carbonyl (C=O) groups excluding carboxylic acids is 1. The van der Waals surface area contributed by atoms with Crippen LogP contribution >= 0.6 is 0 Å². The Balaban J connectivity index is 1.62. The van der Waals surface area contributed by atoms with Gasteiger partial charge in [-0.05, 0) is 25.0 Å². The molecule has 0 unspecified atom stereocenters. The normalized spacial score (nSPS) is 15.5. The average Bonchev–Trinajstić information content (AvgIpc) is 2.67. The standard InChI is InChI=1S/C19H25N3O4/c20-19(24)14-1-2-15-12-21-13-18(17(15)11-14)22-5-3-16(4-6-22)26-10-9-25-8-7-23/h1-2,11-13,16,23H,3-10H2,(H2,20,24). The molecule has 0 saturated carbocycles. The zero-order valence-electron chi connectivity index (χ0n) is 14.8. The van der Waals surface area contributed by atoms with E-state index in [9.17, 15) is 4.79 Å². The van der Waals surface area contributed by atoms with Gasteiger partial charge in [0.1, 0.15) is 0 Å². The number of piperidine rings is 1. The number of anilines is 1. The van der Waals surface area contributed by atoms with Crippen LogP contribution in [-0.2, 0) is 9.47 Å². The van der Waals surface area contributed by atoms with Crippen LogP contribution in [0.5, 0.6) is 0 Å². The molecule has 1 amide bonds. The number of carbonyl (C=O) groups is 1. The maximum Gasteiger partial charge on any atom is 0.248 e. The largest absolute Gasteiger partial charge is 0.394 e. The zero-order valence-corrected chi connectivity index (χ0v) is 14.8. The van der Waals surface area contributed by atoms with Gasteiger partial charge >= 0.3 is 0 Å². The maximum absolute atomic E-state index is 11.5. The van der Waals surface area contributed by atoms with E-state index in [-0.39, 0.29) is 12.7 Å². The van der Waals surface area contributed by atoms with Crippen molar-refractivity contribution in [3.05, 3.63) is 36.2 Å². The Morgan fingerprint density at radius 1 is 1.23 bits per heavy atom. The van der Waals surface area contributed by atoms with E-state index in [2.05, 4.69) is 9.88 Å². The number of rotatable bonds is 8. The van der Waals surface area contributed by atoms with E-state index >= 15 is 0 Å². The number of pyridine rings is 1. The van der Waals surface area contributed by atoms with Crippen LogP contribution in [0.4, 0.5) is 5.69 Å². The number of fused-ring (bicyclic) bond motifs is 1. The molecule has 3 rings (SSSR count). The summed E-state index contributed by atoms with van der Waals surface area (Å²) >= 11 is 0. The molecule has 0 atom stereocenters. The van der Waals surface area contributed by atoms with Crippen LogP contribution in [0, 0.1) is 0 Å². The molecule has 0 spiro atoms. The molecule has 26 heavy (non-hydrogen) atoms. The van der Waals surface area contributed by atoms with Crippen LogP contribution in [0.1, 0.15) is 23.2 Å². The van der Waals surface area contributed by atoms with Crippen LogP contribution < -0.4 is 10.6 Å². The Bertz CT molecular complexity index is 745. The number of nitrogens with two attached hydrogens (primary N) is 1. The van der Waals surface area contributed by atoms with Crippen molar-refractivity contribution in [3.8, 4) is 0 Å². The van der Waals surface area contributed by atoms with Crippen LogP contribution in [0.25, 0.3) is 10.8 Å². The highest BCUT2D eigenvalue weighted by molar-refractivity contribution is 6.01. The van der Waals surface area contributed by atoms with E-state index in [0.29, 0.717) is 25.4 Å². The average molecular weight is 359 g/mol. The molecule has 2 aromatic rings. The van der Waals surface area contributed by atoms with Crippen molar-refractivity contribution >= 4 is 22.4 Å². The Morgan fingerprint density at radius 3 is 2.77 bits per heavy atom. The van der Waals surface area contributed by atoms with Gasteiger partial charge in [-0.15, -0.1) is 0 Å². The number of aliphatic hydroxyl groups is 1. The molecule has 140 valence electrons. The lowest BCUT2D eigenvalue weighted by Crippen LogP contribution is -2.37. The second-order valence-corrected chi connectivity index (χ2v) is 6.35. The molecule has 1 aliphatic rings. The van der Waals surface area contributed by atoms with Gasteiger partial charge in [-0.1, -0.05) is 6.07 Å². The van der Waals surface area contributed by atoms with Gasteiger partial charge in [0.15, 0.2) is 0 Å². The van der Waals surface area contributed by atoms with Crippen molar-refractivity contribution in [2.24, 2.45) is 5.73 Å². The van der Waals surface area contributed by atoms with E-state index < -0.39 is 5.91 Å². The van der Waals surface area contributed by atoms with E-state index in [4.69, 9.17) is 20.3 Å². The highest BCUT2D eigenvalue weighted by atomic mass is 16.5. The van der Waals surface area contributed by atoms with Crippen LogP contribution in [0.15, 0.2) is 30.6 Å². The topological polar surface area (TPSA) is 97.9 Å². The number of amides is 1. The molecule has 1 aromatic heterocycles. The van der Waals surface area contributed by atoms with Gasteiger partial charge < -0.3 is 25.2 Å². The number of nitrogens with zero attached hydrogens (tertiary/aromatic N) is 2. The highest BCUT2D eigenvalue weighted by Gasteiger charge is 2.21. The minimum atomic E-state index is -0.426. The molecule has 0 radical (unpaired) electrons.